The van der Waals surface area contributed by atoms with Crippen molar-refractivity contribution in [2.24, 2.45) is 0 Å². The third-order valence-corrected chi connectivity index (χ3v) is 4.45. The van der Waals surface area contributed by atoms with Crippen LogP contribution in [-0.4, -0.2) is 40.2 Å². The van der Waals surface area contributed by atoms with E-state index in [1.807, 2.05) is 0 Å². The zero-order valence-corrected chi connectivity index (χ0v) is 14.5. The van der Waals surface area contributed by atoms with Gasteiger partial charge in [-0.15, -0.1) is 0 Å². The zero-order chi connectivity index (χ0) is 18.7. The van der Waals surface area contributed by atoms with Crippen LogP contribution >= 0.6 is 11.8 Å². The monoisotopic (exact) mass is 375 g/mol. The van der Waals surface area contributed by atoms with Crippen LogP contribution in [0.4, 0.5) is 9.18 Å². The fourth-order valence-electron chi connectivity index (χ4n) is 2.27. The quantitative estimate of drug-likeness (QED) is 0.808. The fourth-order valence-corrected chi connectivity index (χ4v) is 3.12. The van der Waals surface area contributed by atoms with Gasteiger partial charge in [0.05, 0.1) is 10.6 Å². The lowest BCUT2D eigenvalue weighted by atomic mass is 10.2. The summed E-state index contributed by atoms with van der Waals surface area (Å²) in [6.45, 7) is 1.74. The molecular weight excluding hydrogens is 361 g/mol. The number of nitrogens with zero attached hydrogens (tertiary/aromatic N) is 2. The molecule has 0 spiro atoms. The van der Waals surface area contributed by atoms with Gasteiger partial charge in [-0.25, -0.2) is 4.39 Å². The Hall–Kier alpha value is -2.94. The van der Waals surface area contributed by atoms with Crippen LogP contribution in [0.25, 0.3) is 6.08 Å². The molecule has 3 rings (SSSR count). The van der Waals surface area contributed by atoms with Crippen LogP contribution in [0.3, 0.4) is 0 Å². The van der Waals surface area contributed by atoms with E-state index >= 15 is 0 Å². The molecule has 0 atom stereocenters. The molecular formula is C17H14FN3O4S. The first-order valence-electron chi connectivity index (χ1n) is 7.67. The van der Waals surface area contributed by atoms with E-state index in [-0.39, 0.29) is 29.3 Å². The first-order chi connectivity index (χ1) is 12.5. The summed E-state index contributed by atoms with van der Waals surface area (Å²) in [4.78, 5) is 37.3. The van der Waals surface area contributed by atoms with Gasteiger partial charge in [0.15, 0.2) is 0 Å². The predicted octanol–water partition coefficient (Wildman–Crippen LogP) is 2.59. The van der Waals surface area contributed by atoms with Crippen LogP contribution in [0.15, 0.2) is 39.8 Å². The Morgan fingerprint density at radius 1 is 1.38 bits per heavy atom. The number of carbonyl (C=O) groups is 3. The van der Waals surface area contributed by atoms with Crippen LogP contribution in [0, 0.1) is 12.7 Å². The molecule has 134 valence electrons. The molecule has 26 heavy (non-hydrogen) atoms. The van der Waals surface area contributed by atoms with Gasteiger partial charge in [-0.1, -0.05) is 23.4 Å². The third-order valence-electron chi connectivity index (χ3n) is 3.54. The SMILES string of the molecule is Cc1cc(C(=O)NCCN2C(=O)S/C(=C\c3ccccc3F)C2=O)on1. The molecule has 2 heterocycles. The van der Waals surface area contributed by atoms with Gasteiger partial charge in [0.25, 0.3) is 17.1 Å². The van der Waals surface area contributed by atoms with Gasteiger partial charge in [0.2, 0.25) is 5.76 Å². The van der Waals surface area contributed by atoms with Crippen molar-refractivity contribution in [1.29, 1.82) is 0 Å². The number of rotatable bonds is 5. The molecule has 7 nitrogen and oxygen atoms in total. The summed E-state index contributed by atoms with van der Waals surface area (Å²) in [5.74, 6) is -1.43. The molecule has 0 bridgehead atoms. The molecule has 1 fully saturated rings. The number of aryl methyl sites for hydroxylation is 1. The number of carbonyl (C=O) groups excluding carboxylic acids is 3. The van der Waals surface area contributed by atoms with E-state index in [4.69, 9.17) is 4.52 Å². The van der Waals surface area contributed by atoms with Gasteiger partial charge in [0, 0.05) is 24.7 Å². The average molecular weight is 375 g/mol. The number of thioether (sulfide) groups is 1. The van der Waals surface area contributed by atoms with Crippen molar-refractivity contribution in [2.75, 3.05) is 13.1 Å². The minimum absolute atomic E-state index is 0.00185. The Labute approximate surface area is 152 Å². The van der Waals surface area contributed by atoms with Crippen molar-refractivity contribution < 1.29 is 23.3 Å². The van der Waals surface area contributed by atoms with E-state index < -0.39 is 22.9 Å². The lowest BCUT2D eigenvalue weighted by Gasteiger charge is -2.12. The molecule has 0 unspecified atom stereocenters. The normalized spacial score (nSPS) is 15.8. The largest absolute Gasteiger partial charge is 0.351 e. The summed E-state index contributed by atoms with van der Waals surface area (Å²) in [6, 6.07) is 7.45. The molecule has 1 aromatic carbocycles. The summed E-state index contributed by atoms with van der Waals surface area (Å²) in [5.41, 5.74) is 0.798. The van der Waals surface area contributed by atoms with Gasteiger partial charge < -0.3 is 9.84 Å². The second-order valence-electron chi connectivity index (χ2n) is 5.44. The lowest BCUT2D eigenvalue weighted by molar-refractivity contribution is -0.122. The van der Waals surface area contributed by atoms with E-state index in [2.05, 4.69) is 10.5 Å². The standard InChI is InChI=1S/C17H14FN3O4S/c1-10-8-13(25-20-10)15(22)19-6-7-21-16(23)14(26-17(21)24)9-11-4-2-3-5-12(11)18/h2-5,8-9H,6-7H2,1H3,(H,19,22)/b14-9-. The van der Waals surface area contributed by atoms with Crippen molar-refractivity contribution in [3.8, 4) is 0 Å². The molecule has 3 amide bonds. The molecule has 9 heteroatoms. The molecule has 2 aromatic rings. The van der Waals surface area contributed by atoms with E-state index in [1.165, 1.54) is 30.3 Å². The maximum atomic E-state index is 13.7. The number of hydrogen-bond acceptors (Lipinski definition) is 6. The van der Waals surface area contributed by atoms with Gasteiger partial charge in [-0.3, -0.25) is 19.3 Å². The van der Waals surface area contributed by atoms with Crippen LogP contribution in [0.5, 0.6) is 0 Å². The second-order valence-corrected chi connectivity index (χ2v) is 6.44. The Kier molecular flexibility index (Phi) is 5.17. The van der Waals surface area contributed by atoms with E-state index in [1.54, 1.807) is 13.0 Å². The van der Waals surface area contributed by atoms with Gasteiger partial charge in [0.1, 0.15) is 5.82 Å². The summed E-state index contributed by atoms with van der Waals surface area (Å²) >= 11 is 0.735. The second kappa shape index (κ2) is 7.52. The molecule has 1 aliphatic heterocycles. The van der Waals surface area contributed by atoms with Gasteiger partial charge in [-0.2, -0.15) is 0 Å². The molecule has 0 radical (unpaired) electrons. The van der Waals surface area contributed by atoms with E-state index in [0.717, 1.165) is 16.7 Å². The molecule has 1 aromatic heterocycles. The predicted molar refractivity (Wildman–Crippen MR) is 92.7 cm³/mol. The smallest absolute Gasteiger partial charge is 0.293 e. The first-order valence-corrected chi connectivity index (χ1v) is 8.49. The highest BCUT2D eigenvalue weighted by Gasteiger charge is 2.34. The maximum Gasteiger partial charge on any atom is 0.293 e. The summed E-state index contributed by atoms with van der Waals surface area (Å²) in [6.07, 6.45) is 1.34. The summed E-state index contributed by atoms with van der Waals surface area (Å²) in [7, 11) is 0. The van der Waals surface area contributed by atoms with Crippen molar-refractivity contribution in [1.82, 2.24) is 15.4 Å². The zero-order valence-electron chi connectivity index (χ0n) is 13.7. The van der Waals surface area contributed by atoms with Gasteiger partial charge in [-0.05, 0) is 30.8 Å². The highest BCUT2D eigenvalue weighted by Crippen LogP contribution is 2.32. The van der Waals surface area contributed by atoms with Crippen LogP contribution in [0.2, 0.25) is 0 Å². The number of hydrogen-bond donors (Lipinski definition) is 1. The van der Waals surface area contributed by atoms with Crippen LogP contribution in [-0.2, 0) is 4.79 Å². The number of halogens is 1. The van der Waals surface area contributed by atoms with Crippen LogP contribution in [0.1, 0.15) is 21.8 Å². The third kappa shape index (κ3) is 3.83. The Bertz CT molecular complexity index is 909. The van der Waals surface area contributed by atoms with Crippen molar-refractivity contribution >= 4 is 34.9 Å². The lowest BCUT2D eigenvalue weighted by Crippen LogP contribution is -2.37. The fraction of sp³-hybridized carbons (Fsp3) is 0.176. The maximum absolute atomic E-state index is 13.7. The van der Waals surface area contributed by atoms with E-state index in [0.29, 0.717) is 5.69 Å². The van der Waals surface area contributed by atoms with Crippen molar-refractivity contribution in [3.05, 3.63) is 58.1 Å². The molecule has 1 N–H and O–H groups in total. The van der Waals surface area contributed by atoms with Crippen molar-refractivity contribution in [2.45, 2.75) is 6.92 Å². The van der Waals surface area contributed by atoms with E-state index in [9.17, 15) is 18.8 Å². The Balaban J connectivity index is 1.61. The topological polar surface area (TPSA) is 92.5 Å². The number of benzene rings is 1. The number of nitrogens with one attached hydrogen (secondary N) is 1. The molecule has 1 aliphatic rings. The average Bonchev–Trinajstić information content (AvgIpc) is 3.15. The molecule has 0 aliphatic carbocycles. The highest BCUT2D eigenvalue weighted by molar-refractivity contribution is 8.18. The van der Waals surface area contributed by atoms with Crippen molar-refractivity contribution in [3.63, 3.8) is 0 Å². The van der Waals surface area contributed by atoms with Crippen LogP contribution < -0.4 is 5.32 Å². The number of imide groups is 1. The summed E-state index contributed by atoms with van der Waals surface area (Å²) in [5, 5.41) is 5.68. The Morgan fingerprint density at radius 2 is 2.15 bits per heavy atom. The first kappa shape index (κ1) is 17.9. The molecule has 0 saturated carbocycles. The van der Waals surface area contributed by atoms with Gasteiger partial charge >= 0.3 is 0 Å². The molecule has 1 saturated heterocycles. The minimum atomic E-state index is -0.520. The Morgan fingerprint density at radius 3 is 2.85 bits per heavy atom. The number of amides is 3. The number of aromatic nitrogens is 1. The minimum Gasteiger partial charge on any atom is -0.351 e. The highest BCUT2D eigenvalue weighted by atomic mass is 32.2. The summed E-state index contributed by atoms with van der Waals surface area (Å²) < 4.78 is 18.5.